The molecule has 0 saturated heterocycles. The molecule has 0 fully saturated rings. The number of carbonyl (C=O) groups is 1. The smallest absolute Gasteiger partial charge is 0.336 e. The summed E-state index contributed by atoms with van der Waals surface area (Å²) in [5.41, 5.74) is 0.705. The van der Waals surface area contributed by atoms with Crippen LogP contribution in [0.15, 0.2) is 57.7 Å². The summed E-state index contributed by atoms with van der Waals surface area (Å²) in [5.74, 6) is 0.403. The molecule has 1 heterocycles. The lowest BCUT2D eigenvalue weighted by molar-refractivity contribution is -0.116. The van der Waals surface area contributed by atoms with Gasteiger partial charge in [0.05, 0.1) is 11.6 Å². The van der Waals surface area contributed by atoms with Crippen molar-refractivity contribution in [3.63, 3.8) is 0 Å². The molecule has 134 valence electrons. The van der Waals surface area contributed by atoms with Crippen LogP contribution in [0, 0.1) is 0 Å². The molecule has 1 aromatic heterocycles. The topological polar surface area (TPSA) is 68.5 Å². The second-order valence-electron chi connectivity index (χ2n) is 5.58. The van der Waals surface area contributed by atoms with Gasteiger partial charge in [0.25, 0.3) is 0 Å². The van der Waals surface area contributed by atoms with Crippen molar-refractivity contribution in [1.29, 1.82) is 0 Å². The molecule has 0 unspecified atom stereocenters. The Balaban J connectivity index is 1.49. The first-order valence-corrected chi connectivity index (χ1v) is 8.68. The molecule has 3 rings (SSSR count). The summed E-state index contributed by atoms with van der Waals surface area (Å²) in [7, 11) is 0. The summed E-state index contributed by atoms with van der Waals surface area (Å²) in [5, 5.41) is 4.52. The molecule has 0 aliphatic heterocycles. The maximum Gasteiger partial charge on any atom is 0.336 e. The van der Waals surface area contributed by atoms with Crippen LogP contribution in [0.3, 0.4) is 0 Å². The zero-order chi connectivity index (χ0) is 18.5. The Labute approximate surface area is 159 Å². The Morgan fingerprint density at radius 1 is 1.08 bits per heavy atom. The zero-order valence-electron chi connectivity index (χ0n) is 13.6. The predicted octanol–water partition coefficient (Wildman–Crippen LogP) is 4.90. The van der Waals surface area contributed by atoms with E-state index in [0.717, 1.165) is 5.39 Å². The number of hydrogen-bond donors (Lipinski definition) is 1. The molecule has 0 aliphatic rings. The molecule has 1 N–H and O–H groups in total. The molecule has 3 aromatic rings. The molecule has 2 aromatic carbocycles. The number of benzene rings is 2. The first kappa shape index (κ1) is 18.3. The molecule has 0 radical (unpaired) electrons. The summed E-state index contributed by atoms with van der Waals surface area (Å²) in [6, 6.07) is 13.1. The summed E-state index contributed by atoms with van der Waals surface area (Å²) in [6.07, 6.45) is 0.834. The van der Waals surface area contributed by atoms with Crippen LogP contribution in [0.4, 0.5) is 5.69 Å². The Morgan fingerprint density at radius 3 is 2.73 bits per heavy atom. The second kappa shape index (κ2) is 8.25. The highest BCUT2D eigenvalue weighted by molar-refractivity contribution is 6.35. The maximum absolute atomic E-state index is 12.0. The Bertz CT molecular complexity index is 1000. The van der Waals surface area contributed by atoms with Gasteiger partial charge in [-0.2, -0.15) is 0 Å². The Hall–Kier alpha value is -2.50. The van der Waals surface area contributed by atoms with E-state index in [-0.39, 0.29) is 5.91 Å². The third-order valence-corrected chi connectivity index (χ3v) is 4.13. The van der Waals surface area contributed by atoms with Crippen molar-refractivity contribution in [3.05, 3.63) is 69.0 Å². The van der Waals surface area contributed by atoms with Crippen molar-refractivity contribution in [2.24, 2.45) is 0 Å². The Kier molecular flexibility index (Phi) is 5.81. The molecule has 0 atom stereocenters. The second-order valence-corrected chi connectivity index (χ2v) is 6.43. The normalized spacial score (nSPS) is 10.7. The van der Waals surface area contributed by atoms with Crippen LogP contribution < -0.4 is 15.7 Å². The minimum Gasteiger partial charge on any atom is -0.492 e. The highest BCUT2D eigenvalue weighted by Crippen LogP contribution is 2.27. The lowest BCUT2D eigenvalue weighted by atomic mass is 10.2. The van der Waals surface area contributed by atoms with Crippen LogP contribution in [0.2, 0.25) is 10.0 Å². The minimum absolute atomic E-state index is 0.132. The highest BCUT2D eigenvalue weighted by atomic mass is 35.5. The zero-order valence-corrected chi connectivity index (χ0v) is 15.1. The van der Waals surface area contributed by atoms with Crippen LogP contribution in [0.25, 0.3) is 11.0 Å². The van der Waals surface area contributed by atoms with Crippen molar-refractivity contribution in [3.8, 4) is 5.75 Å². The molecule has 0 bridgehead atoms. The third kappa shape index (κ3) is 4.77. The molecular formula is C19H15Cl2NO4. The number of amides is 1. The van der Waals surface area contributed by atoms with E-state index in [2.05, 4.69) is 5.32 Å². The molecular weight excluding hydrogens is 377 g/mol. The van der Waals surface area contributed by atoms with Crippen molar-refractivity contribution < 1.29 is 13.9 Å². The molecule has 0 spiro atoms. The fraction of sp³-hybridized carbons (Fsp3) is 0.158. The minimum atomic E-state index is -0.407. The third-order valence-electron chi connectivity index (χ3n) is 3.60. The van der Waals surface area contributed by atoms with Crippen LogP contribution >= 0.6 is 23.2 Å². The van der Waals surface area contributed by atoms with Crippen molar-refractivity contribution in [2.45, 2.75) is 12.8 Å². The average molecular weight is 392 g/mol. The molecule has 7 heteroatoms. The number of fused-ring (bicyclic) bond motifs is 1. The quantitative estimate of drug-likeness (QED) is 0.479. The van der Waals surface area contributed by atoms with E-state index in [1.165, 1.54) is 6.07 Å². The summed E-state index contributed by atoms with van der Waals surface area (Å²) in [6.45, 7) is 0.359. The van der Waals surface area contributed by atoms with Crippen LogP contribution in [0.5, 0.6) is 5.75 Å². The first-order chi connectivity index (χ1) is 12.5. The van der Waals surface area contributed by atoms with Gasteiger partial charge < -0.3 is 14.5 Å². The number of hydrogen-bond acceptors (Lipinski definition) is 4. The Morgan fingerprint density at radius 2 is 1.92 bits per heavy atom. The van der Waals surface area contributed by atoms with Gasteiger partial charge in [-0.1, -0.05) is 23.2 Å². The van der Waals surface area contributed by atoms with E-state index in [9.17, 15) is 9.59 Å². The molecule has 5 nitrogen and oxygen atoms in total. The van der Waals surface area contributed by atoms with Gasteiger partial charge in [-0.15, -0.1) is 0 Å². The van der Waals surface area contributed by atoms with Gasteiger partial charge >= 0.3 is 5.63 Å². The fourth-order valence-corrected chi connectivity index (χ4v) is 2.84. The van der Waals surface area contributed by atoms with Gasteiger partial charge in [-0.25, -0.2) is 4.79 Å². The predicted molar refractivity (Wildman–Crippen MR) is 102 cm³/mol. The van der Waals surface area contributed by atoms with E-state index >= 15 is 0 Å². The van der Waals surface area contributed by atoms with E-state index in [4.69, 9.17) is 32.4 Å². The largest absolute Gasteiger partial charge is 0.492 e. The van der Waals surface area contributed by atoms with E-state index in [0.29, 0.717) is 46.5 Å². The van der Waals surface area contributed by atoms with E-state index < -0.39 is 5.63 Å². The molecule has 26 heavy (non-hydrogen) atoms. The average Bonchev–Trinajstić information content (AvgIpc) is 2.60. The van der Waals surface area contributed by atoms with Crippen LogP contribution in [0.1, 0.15) is 12.8 Å². The monoisotopic (exact) mass is 391 g/mol. The summed E-state index contributed by atoms with van der Waals surface area (Å²) < 4.78 is 10.6. The van der Waals surface area contributed by atoms with Crippen molar-refractivity contribution in [1.82, 2.24) is 0 Å². The van der Waals surface area contributed by atoms with Crippen LogP contribution in [-0.2, 0) is 4.79 Å². The van der Waals surface area contributed by atoms with Gasteiger partial charge in [0.2, 0.25) is 5.91 Å². The van der Waals surface area contributed by atoms with Gasteiger partial charge in [-0.05, 0) is 48.9 Å². The standard InChI is InChI=1S/C19H15Cl2NO4/c20-13-4-6-17(15(21)11-13)25-9-1-2-18(23)22-14-5-7-16-12(10-14)3-8-19(24)26-16/h3-8,10-11H,1-2,9H2,(H,22,23). The van der Waals surface area contributed by atoms with Crippen molar-refractivity contribution in [2.75, 3.05) is 11.9 Å². The van der Waals surface area contributed by atoms with Gasteiger partial charge in [0, 0.05) is 28.6 Å². The number of ether oxygens (including phenoxy) is 1. The summed E-state index contributed by atoms with van der Waals surface area (Å²) >= 11 is 11.8. The lowest BCUT2D eigenvalue weighted by Crippen LogP contribution is -2.12. The maximum atomic E-state index is 12.0. The van der Waals surface area contributed by atoms with E-state index in [1.807, 2.05) is 0 Å². The number of nitrogens with one attached hydrogen (secondary N) is 1. The number of rotatable bonds is 6. The van der Waals surface area contributed by atoms with Crippen molar-refractivity contribution >= 4 is 45.8 Å². The van der Waals surface area contributed by atoms with E-state index in [1.54, 1.807) is 42.5 Å². The summed E-state index contributed by atoms with van der Waals surface area (Å²) in [4.78, 5) is 23.2. The number of halogens is 2. The van der Waals surface area contributed by atoms with Gasteiger partial charge in [0.1, 0.15) is 11.3 Å². The van der Waals surface area contributed by atoms with Gasteiger partial charge in [0.15, 0.2) is 0 Å². The fourth-order valence-electron chi connectivity index (χ4n) is 2.38. The molecule has 0 saturated carbocycles. The van der Waals surface area contributed by atoms with Crippen LogP contribution in [-0.4, -0.2) is 12.5 Å². The number of carbonyl (C=O) groups excluding carboxylic acids is 1. The number of anilines is 1. The highest BCUT2D eigenvalue weighted by Gasteiger charge is 2.06. The van der Waals surface area contributed by atoms with Gasteiger partial charge in [-0.3, -0.25) is 4.79 Å². The lowest BCUT2D eigenvalue weighted by Gasteiger charge is -2.09. The molecule has 1 amide bonds. The first-order valence-electron chi connectivity index (χ1n) is 7.93. The molecule has 0 aliphatic carbocycles. The SMILES string of the molecule is O=C(CCCOc1ccc(Cl)cc1Cl)Nc1ccc2oc(=O)ccc2c1.